The maximum atomic E-state index is 13.6. The maximum Gasteiger partial charge on any atom is 0.250 e. The van der Waals surface area contributed by atoms with Crippen LogP contribution in [0.2, 0.25) is 0 Å². The van der Waals surface area contributed by atoms with E-state index >= 15 is 0 Å². The van der Waals surface area contributed by atoms with Gasteiger partial charge >= 0.3 is 0 Å². The Balaban J connectivity index is 1.30. The molecule has 7 nitrogen and oxygen atoms in total. The molecule has 8 heteroatoms. The van der Waals surface area contributed by atoms with Crippen LogP contribution in [0.4, 0.5) is 5.69 Å². The SMILES string of the molecule is C[C@H]1Cc2cc(S(=O)(=O)N3C[C@H]4C[C@@H](C3)c3cccc(=O)n3C4)ccc2N1C(=O)C1CC1. The summed E-state index contributed by atoms with van der Waals surface area (Å²) >= 11 is 0. The van der Waals surface area contributed by atoms with E-state index < -0.39 is 10.0 Å². The number of hydrogen-bond donors (Lipinski definition) is 0. The number of amides is 1. The van der Waals surface area contributed by atoms with Gasteiger partial charge in [-0.25, -0.2) is 8.42 Å². The van der Waals surface area contributed by atoms with Crippen LogP contribution >= 0.6 is 0 Å². The Morgan fingerprint density at radius 3 is 2.66 bits per heavy atom. The van der Waals surface area contributed by atoms with Gasteiger partial charge in [-0.05, 0) is 68.4 Å². The van der Waals surface area contributed by atoms with Gasteiger partial charge in [0.15, 0.2) is 0 Å². The molecule has 1 aromatic carbocycles. The van der Waals surface area contributed by atoms with Crippen LogP contribution in [0.15, 0.2) is 46.1 Å². The Hall–Kier alpha value is -2.45. The molecule has 1 saturated heterocycles. The van der Waals surface area contributed by atoms with E-state index in [4.69, 9.17) is 0 Å². The number of sulfonamides is 1. The third kappa shape index (κ3) is 3.07. The van der Waals surface area contributed by atoms with Crippen LogP contribution in [0.25, 0.3) is 0 Å². The average molecular weight is 454 g/mol. The highest BCUT2D eigenvalue weighted by Crippen LogP contribution is 2.41. The number of piperidine rings is 1. The Kier molecular flexibility index (Phi) is 4.43. The molecule has 0 spiro atoms. The largest absolute Gasteiger partial charge is 0.312 e. The monoisotopic (exact) mass is 453 g/mol. The highest BCUT2D eigenvalue weighted by Gasteiger charge is 2.42. The summed E-state index contributed by atoms with van der Waals surface area (Å²) < 4.78 is 30.6. The van der Waals surface area contributed by atoms with Gasteiger partial charge in [0.25, 0.3) is 5.56 Å². The van der Waals surface area contributed by atoms with Crippen molar-refractivity contribution in [3.63, 3.8) is 0 Å². The molecule has 1 aromatic heterocycles. The van der Waals surface area contributed by atoms with Crippen molar-refractivity contribution < 1.29 is 13.2 Å². The van der Waals surface area contributed by atoms with Crippen molar-refractivity contribution in [3.05, 3.63) is 58.0 Å². The van der Waals surface area contributed by atoms with E-state index in [-0.39, 0.29) is 35.3 Å². The summed E-state index contributed by atoms with van der Waals surface area (Å²) in [7, 11) is -3.65. The second-order valence-corrected chi connectivity index (χ2v) is 11.8. The molecule has 32 heavy (non-hydrogen) atoms. The van der Waals surface area contributed by atoms with Crippen LogP contribution < -0.4 is 10.5 Å². The minimum absolute atomic E-state index is 0.00783. The summed E-state index contributed by atoms with van der Waals surface area (Å²) in [4.78, 5) is 27.1. The molecule has 1 saturated carbocycles. The molecular weight excluding hydrogens is 426 g/mol. The molecule has 1 amide bonds. The maximum absolute atomic E-state index is 13.6. The lowest BCUT2D eigenvalue weighted by Crippen LogP contribution is -2.49. The number of carbonyl (C=O) groups excluding carboxylic acids is 1. The molecule has 3 aliphatic heterocycles. The third-order valence-corrected chi connectivity index (χ3v) is 9.34. The van der Waals surface area contributed by atoms with Crippen LogP contribution in [0.3, 0.4) is 0 Å². The first-order chi connectivity index (χ1) is 15.3. The van der Waals surface area contributed by atoms with E-state index in [2.05, 4.69) is 0 Å². The molecule has 4 aliphatic rings. The van der Waals surface area contributed by atoms with Gasteiger partial charge in [0.05, 0.1) is 4.90 Å². The molecule has 0 unspecified atom stereocenters. The Labute approximate surface area is 187 Å². The van der Waals surface area contributed by atoms with Crippen molar-refractivity contribution in [1.29, 1.82) is 0 Å². The zero-order valence-electron chi connectivity index (χ0n) is 18.1. The Morgan fingerprint density at radius 2 is 1.88 bits per heavy atom. The molecule has 2 aromatic rings. The molecule has 0 radical (unpaired) electrons. The zero-order chi connectivity index (χ0) is 22.2. The quantitative estimate of drug-likeness (QED) is 0.715. The number of hydrogen-bond acceptors (Lipinski definition) is 4. The van der Waals surface area contributed by atoms with Crippen molar-refractivity contribution in [2.45, 2.75) is 56.0 Å². The fraction of sp³-hybridized carbons (Fsp3) is 0.500. The van der Waals surface area contributed by atoms with Gasteiger partial charge in [0.1, 0.15) is 0 Å². The Morgan fingerprint density at radius 1 is 1.06 bits per heavy atom. The zero-order valence-corrected chi connectivity index (χ0v) is 18.9. The van der Waals surface area contributed by atoms with E-state index in [9.17, 15) is 18.0 Å². The summed E-state index contributed by atoms with van der Waals surface area (Å²) in [5, 5.41) is 0. The number of benzene rings is 1. The van der Waals surface area contributed by atoms with Gasteiger partial charge in [0.2, 0.25) is 15.9 Å². The molecular formula is C24H27N3O4S. The lowest BCUT2D eigenvalue weighted by atomic mass is 9.84. The first kappa shape index (κ1) is 20.2. The van der Waals surface area contributed by atoms with Gasteiger partial charge in [-0.2, -0.15) is 4.31 Å². The highest BCUT2D eigenvalue weighted by atomic mass is 32.2. The van der Waals surface area contributed by atoms with E-state index in [1.54, 1.807) is 28.6 Å². The molecule has 0 N–H and O–H groups in total. The van der Waals surface area contributed by atoms with Crippen LogP contribution in [0, 0.1) is 11.8 Å². The number of aromatic nitrogens is 1. The van der Waals surface area contributed by atoms with Crippen LogP contribution in [0.1, 0.15) is 43.4 Å². The topological polar surface area (TPSA) is 79.7 Å². The van der Waals surface area contributed by atoms with Crippen molar-refractivity contribution >= 4 is 21.6 Å². The van der Waals surface area contributed by atoms with E-state index in [1.807, 2.05) is 28.5 Å². The second-order valence-electron chi connectivity index (χ2n) is 9.85. The Bertz CT molecular complexity index is 1280. The summed E-state index contributed by atoms with van der Waals surface area (Å²) in [5.74, 6) is 0.476. The summed E-state index contributed by atoms with van der Waals surface area (Å²) in [6.07, 6.45) is 3.50. The predicted molar refractivity (Wildman–Crippen MR) is 120 cm³/mol. The molecule has 168 valence electrons. The highest BCUT2D eigenvalue weighted by molar-refractivity contribution is 7.89. The molecule has 2 fully saturated rings. The molecule has 2 bridgehead atoms. The third-order valence-electron chi connectivity index (χ3n) is 7.51. The van der Waals surface area contributed by atoms with Gasteiger partial charge in [-0.3, -0.25) is 9.59 Å². The van der Waals surface area contributed by atoms with Crippen molar-refractivity contribution in [3.8, 4) is 0 Å². The number of fused-ring (bicyclic) bond motifs is 5. The van der Waals surface area contributed by atoms with Gasteiger partial charge in [-0.15, -0.1) is 0 Å². The van der Waals surface area contributed by atoms with Gasteiger partial charge in [-0.1, -0.05) is 6.07 Å². The normalized spacial score (nSPS) is 27.2. The predicted octanol–water partition coefficient (Wildman–Crippen LogP) is 2.34. The number of anilines is 1. The smallest absolute Gasteiger partial charge is 0.250 e. The number of pyridine rings is 1. The van der Waals surface area contributed by atoms with Crippen LogP contribution in [-0.2, 0) is 27.8 Å². The lowest BCUT2D eigenvalue weighted by molar-refractivity contribution is -0.120. The number of rotatable bonds is 3. The second kappa shape index (κ2) is 7.02. The first-order valence-corrected chi connectivity index (χ1v) is 12.9. The van der Waals surface area contributed by atoms with Crippen LogP contribution in [-0.4, -0.2) is 42.3 Å². The molecule has 6 rings (SSSR count). The van der Waals surface area contributed by atoms with Crippen molar-refractivity contribution in [2.24, 2.45) is 11.8 Å². The van der Waals surface area contributed by atoms with Crippen LogP contribution in [0.5, 0.6) is 0 Å². The fourth-order valence-electron chi connectivity index (χ4n) is 5.83. The van der Waals surface area contributed by atoms with E-state index in [0.29, 0.717) is 31.0 Å². The van der Waals surface area contributed by atoms with E-state index in [0.717, 1.165) is 36.2 Å². The number of carbonyl (C=O) groups is 1. The fourth-order valence-corrected chi connectivity index (χ4v) is 7.44. The molecule has 3 atom stereocenters. The minimum atomic E-state index is -3.65. The lowest BCUT2D eigenvalue weighted by Gasteiger charge is -2.42. The molecule has 4 heterocycles. The standard InChI is InChI=1S/C24H27N3O4S/c1-15-9-18-11-20(7-8-22(18)27(15)24(29)17-5-6-17)32(30,31)25-12-16-10-19(14-25)21-3-2-4-23(28)26(21)13-16/h2-4,7-8,11,15-17,19H,5-6,9-10,12-14H2,1H3/t15-,16+,19-/m0/s1. The first-order valence-electron chi connectivity index (χ1n) is 11.5. The number of nitrogens with zero attached hydrogens (tertiary/aromatic N) is 3. The summed E-state index contributed by atoms with van der Waals surface area (Å²) in [6.45, 7) is 3.42. The van der Waals surface area contributed by atoms with Crippen molar-refractivity contribution in [1.82, 2.24) is 8.87 Å². The van der Waals surface area contributed by atoms with E-state index in [1.165, 1.54) is 0 Å². The minimum Gasteiger partial charge on any atom is -0.312 e. The van der Waals surface area contributed by atoms with Crippen molar-refractivity contribution in [2.75, 3.05) is 18.0 Å². The van der Waals surface area contributed by atoms with Gasteiger partial charge < -0.3 is 9.47 Å². The molecule has 1 aliphatic carbocycles. The summed E-state index contributed by atoms with van der Waals surface area (Å²) in [6, 6.07) is 10.6. The average Bonchev–Trinajstić information content (AvgIpc) is 3.56. The summed E-state index contributed by atoms with van der Waals surface area (Å²) in [5.41, 5.74) is 2.72. The van der Waals surface area contributed by atoms with Gasteiger partial charge in [0, 0.05) is 55.0 Å².